The third-order valence-corrected chi connectivity index (χ3v) is 4.82. The van der Waals surface area contributed by atoms with Gasteiger partial charge in [0.2, 0.25) is 5.91 Å². The van der Waals surface area contributed by atoms with Crippen molar-refractivity contribution in [3.63, 3.8) is 0 Å². The van der Waals surface area contributed by atoms with Gasteiger partial charge in [-0.25, -0.2) is 0 Å². The van der Waals surface area contributed by atoms with Crippen LogP contribution in [0, 0.1) is 0 Å². The first-order valence-electron chi connectivity index (χ1n) is 9.58. The highest BCUT2D eigenvalue weighted by Gasteiger charge is 2.36. The average molecular weight is 407 g/mol. The topological polar surface area (TPSA) is 93.9 Å². The van der Waals surface area contributed by atoms with Crippen molar-refractivity contribution < 1.29 is 23.5 Å². The lowest BCUT2D eigenvalue weighted by Crippen LogP contribution is -2.43. The Morgan fingerprint density at radius 1 is 1.17 bits per heavy atom. The number of likely N-dealkylation sites (tertiary alicyclic amines) is 1. The van der Waals surface area contributed by atoms with Crippen LogP contribution in [-0.4, -0.2) is 41.4 Å². The number of furan rings is 1. The van der Waals surface area contributed by atoms with Crippen LogP contribution >= 0.6 is 0 Å². The Morgan fingerprint density at radius 2 is 2.03 bits per heavy atom. The SMILES string of the molecule is COc1ccc(C(=O)N2CCCC2C(=O)Nc2ccccc2Oc2cccnc2)o1. The van der Waals surface area contributed by atoms with Crippen molar-refractivity contribution in [2.45, 2.75) is 18.9 Å². The second-order valence-electron chi connectivity index (χ2n) is 6.76. The van der Waals surface area contributed by atoms with Crippen LogP contribution in [0.4, 0.5) is 5.69 Å². The quantitative estimate of drug-likeness (QED) is 0.669. The summed E-state index contributed by atoms with van der Waals surface area (Å²) in [6.45, 7) is 0.480. The van der Waals surface area contributed by atoms with Crippen molar-refractivity contribution in [1.82, 2.24) is 9.88 Å². The molecule has 0 saturated carbocycles. The number of rotatable bonds is 6. The van der Waals surface area contributed by atoms with Gasteiger partial charge >= 0.3 is 0 Å². The Balaban J connectivity index is 1.49. The standard InChI is InChI=1S/C22H21N3O5/c1-28-20-11-10-19(30-20)22(27)25-13-5-8-17(25)21(26)24-16-7-2-3-9-18(16)29-15-6-4-12-23-14-15/h2-4,6-7,9-12,14,17H,5,8,13H2,1H3,(H,24,26). The van der Waals surface area contributed by atoms with Crippen LogP contribution in [-0.2, 0) is 4.79 Å². The van der Waals surface area contributed by atoms with E-state index in [1.54, 1.807) is 54.9 Å². The summed E-state index contributed by atoms with van der Waals surface area (Å²) in [5.41, 5.74) is 0.519. The van der Waals surface area contributed by atoms with Crippen molar-refractivity contribution in [2.24, 2.45) is 0 Å². The molecule has 154 valence electrons. The molecule has 0 radical (unpaired) electrons. The molecule has 3 aromatic rings. The molecule has 2 amide bonds. The average Bonchev–Trinajstić information content (AvgIpc) is 3.45. The largest absolute Gasteiger partial charge is 0.468 e. The van der Waals surface area contributed by atoms with Gasteiger partial charge in [0.1, 0.15) is 11.8 Å². The fraction of sp³-hybridized carbons (Fsp3) is 0.227. The van der Waals surface area contributed by atoms with E-state index in [1.807, 2.05) is 6.07 Å². The molecule has 8 nitrogen and oxygen atoms in total. The number of carbonyl (C=O) groups excluding carboxylic acids is 2. The van der Waals surface area contributed by atoms with Crippen molar-refractivity contribution in [3.8, 4) is 17.4 Å². The maximum Gasteiger partial charge on any atom is 0.290 e. The Kier molecular flexibility index (Phi) is 5.65. The number of carbonyl (C=O) groups is 2. The van der Waals surface area contributed by atoms with Gasteiger partial charge in [-0.1, -0.05) is 12.1 Å². The second-order valence-corrected chi connectivity index (χ2v) is 6.76. The van der Waals surface area contributed by atoms with E-state index in [4.69, 9.17) is 13.9 Å². The summed E-state index contributed by atoms with van der Waals surface area (Å²) in [6, 6.07) is 13.2. The highest BCUT2D eigenvalue weighted by Crippen LogP contribution is 2.30. The molecule has 1 aliphatic heterocycles. The lowest BCUT2D eigenvalue weighted by Gasteiger charge is -2.23. The van der Waals surface area contributed by atoms with E-state index in [1.165, 1.54) is 12.0 Å². The summed E-state index contributed by atoms with van der Waals surface area (Å²) in [7, 11) is 1.46. The molecule has 1 N–H and O–H groups in total. The van der Waals surface area contributed by atoms with Gasteiger partial charge < -0.3 is 24.1 Å². The number of anilines is 1. The van der Waals surface area contributed by atoms with Gasteiger partial charge in [0, 0.05) is 18.8 Å². The molecule has 1 saturated heterocycles. The molecule has 0 spiro atoms. The second kappa shape index (κ2) is 8.69. The van der Waals surface area contributed by atoms with Crippen LogP contribution in [0.1, 0.15) is 23.4 Å². The zero-order valence-corrected chi connectivity index (χ0v) is 16.4. The van der Waals surface area contributed by atoms with E-state index in [-0.39, 0.29) is 23.5 Å². The summed E-state index contributed by atoms with van der Waals surface area (Å²) < 4.78 is 16.2. The van der Waals surface area contributed by atoms with Crippen molar-refractivity contribution in [1.29, 1.82) is 0 Å². The lowest BCUT2D eigenvalue weighted by atomic mass is 10.2. The number of pyridine rings is 1. The van der Waals surface area contributed by atoms with Crippen molar-refractivity contribution >= 4 is 17.5 Å². The minimum atomic E-state index is -0.597. The number of amides is 2. The summed E-state index contributed by atoms with van der Waals surface area (Å²) >= 11 is 0. The number of hydrogen-bond acceptors (Lipinski definition) is 6. The summed E-state index contributed by atoms with van der Waals surface area (Å²) in [6.07, 6.45) is 4.55. The molecule has 1 fully saturated rings. The summed E-state index contributed by atoms with van der Waals surface area (Å²) in [5, 5.41) is 2.89. The van der Waals surface area contributed by atoms with Gasteiger partial charge in [-0.2, -0.15) is 0 Å². The van der Waals surface area contributed by atoms with Crippen LogP contribution in [0.15, 0.2) is 65.3 Å². The number of aromatic nitrogens is 1. The summed E-state index contributed by atoms with van der Waals surface area (Å²) in [4.78, 5) is 31.4. The zero-order valence-electron chi connectivity index (χ0n) is 16.4. The minimum Gasteiger partial charge on any atom is -0.468 e. The molecular weight excluding hydrogens is 386 g/mol. The Hall–Kier alpha value is -3.81. The van der Waals surface area contributed by atoms with Gasteiger partial charge in [0.05, 0.1) is 19.0 Å². The number of para-hydroxylation sites is 2. The fourth-order valence-corrected chi connectivity index (χ4v) is 3.38. The highest BCUT2D eigenvalue weighted by molar-refractivity contribution is 6.01. The molecular formula is C22H21N3O5. The van der Waals surface area contributed by atoms with Crippen LogP contribution in [0.25, 0.3) is 0 Å². The van der Waals surface area contributed by atoms with E-state index in [0.29, 0.717) is 30.2 Å². The van der Waals surface area contributed by atoms with Crippen LogP contribution in [0.2, 0.25) is 0 Å². The monoisotopic (exact) mass is 407 g/mol. The maximum absolute atomic E-state index is 13.0. The number of ether oxygens (including phenoxy) is 2. The maximum atomic E-state index is 13.0. The normalized spacial score (nSPS) is 15.6. The Bertz CT molecular complexity index is 1030. The van der Waals surface area contributed by atoms with E-state index < -0.39 is 6.04 Å². The lowest BCUT2D eigenvalue weighted by molar-refractivity contribution is -0.119. The molecule has 30 heavy (non-hydrogen) atoms. The van der Waals surface area contributed by atoms with Gasteiger partial charge in [0.15, 0.2) is 11.5 Å². The third kappa shape index (κ3) is 4.12. The molecule has 0 bridgehead atoms. The Morgan fingerprint density at radius 3 is 2.80 bits per heavy atom. The first kappa shape index (κ1) is 19.5. The Labute approximate surface area is 173 Å². The van der Waals surface area contributed by atoms with E-state index in [2.05, 4.69) is 10.3 Å². The predicted octanol–water partition coefficient (Wildman–Crippen LogP) is 3.72. The zero-order chi connectivity index (χ0) is 20.9. The van der Waals surface area contributed by atoms with Gasteiger partial charge in [0.25, 0.3) is 11.9 Å². The molecule has 8 heteroatoms. The number of hydrogen-bond donors (Lipinski definition) is 1. The van der Waals surface area contributed by atoms with Crippen molar-refractivity contribution in [2.75, 3.05) is 19.0 Å². The molecule has 2 aromatic heterocycles. The molecule has 4 rings (SSSR count). The first-order chi connectivity index (χ1) is 14.7. The number of nitrogens with zero attached hydrogens (tertiary/aromatic N) is 2. The van der Waals surface area contributed by atoms with Gasteiger partial charge in [-0.3, -0.25) is 14.6 Å². The summed E-state index contributed by atoms with van der Waals surface area (Å²) in [5.74, 6) is 0.832. The number of nitrogens with one attached hydrogen (secondary N) is 1. The van der Waals surface area contributed by atoms with Crippen molar-refractivity contribution in [3.05, 3.63) is 66.7 Å². The molecule has 3 heterocycles. The van der Waals surface area contributed by atoms with Crippen LogP contribution in [0.3, 0.4) is 0 Å². The smallest absolute Gasteiger partial charge is 0.290 e. The molecule has 1 unspecified atom stereocenters. The third-order valence-electron chi connectivity index (χ3n) is 4.82. The predicted molar refractivity (Wildman–Crippen MR) is 109 cm³/mol. The van der Waals surface area contributed by atoms with Gasteiger partial charge in [-0.15, -0.1) is 0 Å². The van der Waals surface area contributed by atoms with E-state index in [9.17, 15) is 9.59 Å². The molecule has 1 atom stereocenters. The van der Waals surface area contributed by atoms with E-state index >= 15 is 0 Å². The highest BCUT2D eigenvalue weighted by atomic mass is 16.6. The first-order valence-corrected chi connectivity index (χ1v) is 9.58. The molecule has 0 aliphatic carbocycles. The number of benzene rings is 1. The molecule has 1 aromatic carbocycles. The minimum absolute atomic E-state index is 0.145. The van der Waals surface area contributed by atoms with E-state index in [0.717, 1.165) is 6.42 Å². The van der Waals surface area contributed by atoms with Crippen LogP contribution < -0.4 is 14.8 Å². The van der Waals surface area contributed by atoms with Gasteiger partial charge in [-0.05, 0) is 43.2 Å². The fourth-order valence-electron chi connectivity index (χ4n) is 3.38. The molecule has 1 aliphatic rings. The number of methoxy groups -OCH3 is 1. The van der Waals surface area contributed by atoms with Crippen LogP contribution in [0.5, 0.6) is 17.4 Å².